The lowest BCUT2D eigenvalue weighted by Gasteiger charge is -2.15. The fourth-order valence-electron chi connectivity index (χ4n) is 0.942. The highest BCUT2D eigenvalue weighted by Gasteiger charge is 2.41. The number of ketones is 1. The predicted molar refractivity (Wildman–Crippen MR) is 58.8 cm³/mol. The summed E-state index contributed by atoms with van der Waals surface area (Å²) in [4.78, 5) is 14.8. The van der Waals surface area contributed by atoms with Crippen molar-refractivity contribution in [1.29, 1.82) is 0 Å². The summed E-state index contributed by atoms with van der Waals surface area (Å²) in [5, 5.41) is 0.0731. The van der Waals surface area contributed by atoms with Crippen molar-refractivity contribution in [2.45, 2.75) is 12.3 Å². The van der Waals surface area contributed by atoms with Gasteiger partial charge in [-0.25, -0.2) is 13.8 Å². The van der Waals surface area contributed by atoms with Gasteiger partial charge in [-0.2, -0.15) is 8.78 Å². The van der Waals surface area contributed by atoms with E-state index in [0.717, 1.165) is 6.20 Å². The van der Waals surface area contributed by atoms with E-state index in [9.17, 15) is 22.4 Å². The Hall–Kier alpha value is -1.18. The molecule has 0 aromatic carbocycles. The van der Waals surface area contributed by atoms with Crippen molar-refractivity contribution in [1.82, 2.24) is 4.98 Å². The number of rotatable bonds is 6. The average Bonchev–Trinajstić information content (AvgIpc) is 2.36. The standard InChI is InChI=1S/C10H8BrF4NO2/c11-3-8(17)7-2-1-6(4-16-7)18-5-10(14,15)9(12)13/h1-2,4,9H,3,5H2. The molecule has 0 fully saturated rings. The first-order valence-corrected chi connectivity index (χ1v) is 5.83. The van der Waals surface area contributed by atoms with E-state index in [1.807, 2.05) is 0 Å². The van der Waals surface area contributed by atoms with E-state index in [2.05, 4.69) is 25.7 Å². The molecule has 0 atom stereocenters. The number of ether oxygens (including phenoxy) is 1. The predicted octanol–water partition coefficient (Wildman–Crippen LogP) is 2.94. The first-order valence-electron chi connectivity index (χ1n) is 4.71. The number of hydrogen-bond acceptors (Lipinski definition) is 3. The maximum Gasteiger partial charge on any atom is 0.340 e. The van der Waals surface area contributed by atoms with E-state index in [0.29, 0.717) is 0 Å². The first-order chi connectivity index (χ1) is 8.36. The molecule has 0 N–H and O–H groups in total. The zero-order valence-electron chi connectivity index (χ0n) is 8.88. The van der Waals surface area contributed by atoms with Gasteiger partial charge in [0.05, 0.1) is 11.5 Å². The first kappa shape index (κ1) is 14.9. The Balaban J connectivity index is 2.62. The van der Waals surface area contributed by atoms with E-state index < -0.39 is 19.0 Å². The lowest BCUT2D eigenvalue weighted by Crippen LogP contribution is -2.33. The van der Waals surface area contributed by atoms with Crippen LogP contribution in [0.2, 0.25) is 0 Å². The number of Topliss-reactive ketones (excluding diaryl/α,β-unsaturated/α-hetero) is 1. The molecule has 0 aliphatic rings. The van der Waals surface area contributed by atoms with Crippen molar-refractivity contribution >= 4 is 21.7 Å². The van der Waals surface area contributed by atoms with Crippen molar-refractivity contribution < 1.29 is 27.1 Å². The minimum absolute atomic E-state index is 0.0731. The maximum absolute atomic E-state index is 12.5. The topological polar surface area (TPSA) is 39.2 Å². The van der Waals surface area contributed by atoms with Gasteiger partial charge in [0.15, 0.2) is 12.4 Å². The molecule has 3 nitrogen and oxygen atoms in total. The van der Waals surface area contributed by atoms with E-state index in [4.69, 9.17) is 0 Å². The fraction of sp³-hybridized carbons (Fsp3) is 0.400. The summed E-state index contributed by atoms with van der Waals surface area (Å²) in [7, 11) is 0. The van der Waals surface area contributed by atoms with Crippen molar-refractivity contribution in [3.63, 3.8) is 0 Å². The van der Waals surface area contributed by atoms with Crippen LogP contribution in [0, 0.1) is 0 Å². The molecule has 0 unspecified atom stereocenters. The van der Waals surface area contributed by atoms with Gasteiger partial charge in [0.1, 0.15) is 11.4 Å². The van der Waals surface area contributed by atoms with Gasteiger partial charge in [0, 0.05) is 0 Å². The third-order valence-electron chi connectivity index (χ3n) is 1.89. The van der Waals surface area contributed by atoms with Crippen LogP contribution in [0.15, 0.2) is 18.3 Å². The molecule has 1 rings (SSSR count). The second-order valence-corrected chi connectivity index (χ2v) is 3.85. The summed E-state index contributed by atoms with van der Waals surface area (Å²) < 4.78 is 53.2. The third-order valence-corrected chi connectivity index (χ3v) is 2.40. The Morgan fingerprint density at radius 2 is 2.11 bits per heavy atom. The Morgan fingerprint density at radius 1 is 1.44 bits per heavy atom. The minimum atomic E-state index is -4.22. The normalized spacial score (nSPS) is 11.7. The number of carbonyl (C=O) groups excluding carboxylic acids is 1. The second-order valence-electron chi connectivity index (χ2n) is 3.29. The van der Waals surface area contributed by atoms with Crippen LogP contribution in [0.25, 0.3) is 0 Å². The molecular formula is C10H8BrF4NO2. The van der Waals surface area contributed by atoms with Crippen LogP contribution < -0.4 is 4.74 Å². The summed E-state index contributed by atoms with van der Waals surface area (Å²) in [6.07, 6.45) is -2.77. The average molecular weight is 330 g/mol. The van der Waals surface area contributed by atoms with Crippen LogP contribution in [0.3, 0.4) is 0 Å². The summed E-state index contributed by atoms with van der Waals surface area (Å²) in [6.45, 7) is -1.45. The molecule has 0 saturated heterocycles. The molecular weight excluding hydrogens is 322 g/mol. The molecule has 0 aliphatic carbocycles. The van der Waals surface area contributed by atoms with Crippen LogP contribution >= 0.6 is 15.9 Å². The molecule has 1 aromatic rings. The molecule has 0 spiro atoms. The number of carbonyl (C=O) groups is 1. The van der Waals surface area contributed by atoms with Crippen molar-refractivity contribution in [2.24, 2.45) is 0 Å². The Bertz CT molecular complexity index is 411. The lowest BCUT2D eigenvalue weighted by atomic mass is 10.3. The molecule has 0 aliphatic heterocycles. The van der Waals surface area contributed by atoms with Gasteiger partial charge in [-0.15, -0.1) is 0 Å². The number of nitrogens with zero attached hydrogens (tertiary/aromatic N) is 1. The minimum Gasteiger partial charge on any atom is -0.485 e. The zero-order chi connectivity index (χ0) is 13.8. The lowest BCUT2D eigenvalue weighted by molar-refractivity contribution is -0.148. The largest absolute Gasteiger partial charge is 0.485 e. The smallest absolute Gasteiger partial charge is 0.340 e. The molecule has 8 heteroatoms. The highest BCUT2D eigenvalue weighted by atomic mass is 79.9. The van der Waals surface area contributed by atoms with E-state index >= 15 is 0 Å². The number of aromatic nitrogens is 1. The second kappa shape index (κ2) is 6.12. The van der Waals surface area contributed by atoms with Gasteiger partial charge in [0.25, 0.3) is 0 Å². The highest BCUT2D eigenvalue weighted by Crippen LogP contribution is 2.24. The van der Waals surface area contributed by atoms with E-state index in [-0.39, 0.29) is 22.6 Å². The van der Waals surface area contributed by atoms with E-state index in [1.165, 1.54) is 12.1 Å². The SMILES string of the molecule is O=C(CBr)c1ccc(OCC(F)(F)C(F)F)cn1. The van der Waals surface area contributed by atoms with Crippen LogP contribution in [0.1, 0.15) is 10.5 Å². The molecule has 0 saturated carbocycles. The molecule has 100 valence electrons. The van der Waals surface area contributed by atoms with Crippen molar-refractivity contribution in [3.8, 4) is 5.75 Å². The van der Waals surface area contributed by atoms with Gasteiger partial charge in [-0.05, 0) is 12.1 Å². The summed E-state index contributed by atoms with van der Waals surface area (Å²) in [5.74, 6) is -4.62. The molecule has 1 aromatic heterocycles. The number of pyridine rings is 1. The highest BCUT2D eigenvalue weighted by molar-refractivity contribution is 9.09. The van der Waals surface area contributed by atoms with Crippen molar-refractivity contribution in [3.05, 3.63) is 24.0 Å². The third kappa shape index (κ3) is 3.94. The van der Waals surface area contributed by atoms with E-state index in [1.54, 1.807) is 0 Å². The number of hydrogen-bond donors (Lipinski definition) is 0. The summed E-state index contributed by atoms with van der Waals surface area (Å²) in [6, 6.07) is 2.48. The molecule has 18 heavy (non-hydrogen) atoms. The van der Waals surface area contributed by atoms with Gasteiger partial charge in [-0.1, -0.05) is 15.9 Å². The zero-order valence-corrected chi connectivity index (χ0v) is 10.5. The number of alkyl halides is 5. The quantitative estimate of drug-likeness (QED) is 0.457. The molecule has 0 amide bonds. The molecule has 1 heterocycles. The van der Waals surface area contributed by atoms with Crippen LogP contribution in [0.5, 0.6) is 5.75 Å². The van der Waals surface area contributed by atoms with Gasteiger partial charge < -0.3 is 4.74 Å². The number of halogens is 5. The molecule has 0 bridgehead atoms. The Kier molecular flexibility index (Phi) is 5.06. The maximum atomic E-state index is 12.5. The Morgan fingerprint density at radius 3 is 2.56 bits per heavy atom. The van der Waals surface area contributed by atoms with Gasteiger partial charge >= 0.3 is 12.3 Å². The van der Waals surface area contributed by atoms with Gasteiger partial charge in [-0.3, -0.25) is 4.79 Å². The molecule has 0 radical (unpaired) electrons. The fourth-order valence-corrected chi connectivity index (χ4v) is 1.23. The summed E-state index contributed by atoms with van der Waals surface area (Å²) >= 11 is 2.94. The van der Waals surface area contributed by atoms with Crippen LogP contribution in [-0.2, 0) is 0 Å². The van der Waals surface area contributed by atoms with Crippen LogP contribution in [0.4, 0.5) is 17.6 Å². The van der Waals surface area contributed by atoms with Crippen LogP contribution in [-0.4, -0.2) is 35.1 Å². The van der Waals surface area contributed by atoms with Crippen molar-refractivity contribution in [2.75, 3.05) is 11.9 Å². The van der Waals surface area contributed by atoms with Gasteiger partial charge in [0.2, 0.25) is 0 Å². The summed E-state index contributed by atoms with van der Waals surface area (Å²) in [5.41, 5.74) is 0.125. The monoisotopic (exact) mass is 329 g/mol. The Labute approximate surface area is 108 Å².